The molecule has 3 rings (SSSR count). The molecule has 2 aromatic rings. The minimum atomic E-state index is 0.310. The molecule has 1 aliphatic rings. The predicted octanol–water partition coefficient (Wildman–Crippen LogP) is 3.46. The minimum absolute atomic E-state index is 0.310. The molecule has 26 heavy (non-hydrogen) atoms. The highest BCUT2D eigenvalue weighted by molar-refractivity contribution is 5.31. The molecule has 0 saturated carbocycles. The normalized spacial score (nSPS) is 20.7. The Morgan fingerprint density at radius 2 is 1.42 bits per heavy atom. The van der Waals surface area contributed by atoms with Crippen LogP contribution in [0.25, 0.3) is 0 Å². The molecule has 0 aromatic heterocycles. The van der Waals surface area contributed by atoms with Gasteiger partial charge in [-0.2, -0.15) is 5.26 Å². The lowest BCUT2D eigenvalue weighted by Gasteiger charge is -2.35. The second-order valence-electron chi connectivity index (χ2n) is 7.18. The van der Waals surface area contributed by atoms with Gasteiger partial charge in [0.15, 0.2) is 0 Å². The van der Waals surface area contributed by atoms with E-state index in [0.29, 0.717) is 17.8 Å². The van der Waals surface area contributed by atoms with Crippen LogP contribution in [0.15, 0.2) is 48.5 Å². The number of nitriles is 1. The number of morpholine rings is 1. The summed E-state index contributed by atoms with van der Waals surface area (Å²) in [5.41, 5.74) is 4.53. The summed E-state index contributed by atoms with van der Waals surface area (Å²) in [7, 11) is 0. The zero-order valence-electron chi connectivity index (χ0n) is 15.6. The predicted molar refractivity (Wildman–Crippen MR) is 103 cm³/mol. The highest BCUT2D eigenvalue weighted by atomic mass is 16.5. The van der Waals surface area contributed by atoms with E-state index in [4.69, 9.17) is 10.00 Å². The van der Waals surface area contributed by atoms with Gasteiger partial charge in [-0.25, -0.2) is 0 Å². The van der Waals surface area contributed by atoms with Crippen molar-refractivity contribution in [3.8, 4) is 6.07 Å². The molecule has 136 valence electrons. The summed E-state index contributed by atoms with van der Waals surface area (Å²) in [6.45, 7) is 8.91. The van der Waals surface area contributed by atoms with E-state index in [9.17, 15) is 0 Å². The summed E-state index contributed by atoms with van der Waals surface area (Å²) >= 11 is 0. The average molecular weight is 349 g/mol. The minimum Gasteiger partial charge on any atom is -0.373 e. The van der Waals surface area contributed by atoms with Crippen LogP contribution in [0.5, 0.6) is 0 Å². The van der Waals surface area contributed by atoms with E-state index in [0.717, 1.165) is 32.7 Å². The summed E-state index contributed by atoms with van der Waals surface area (Å²) in [6.07, 6.45) is 0.619. The van der Waals surface area contributed by atoms with Gasteiger partial charge in [0.1, 0.15) is 0 Å². The largest absolute Gasteiger partial charge is 0.373 e. The van der Waals surface area contributed by atoms with Gasteiger partial charge in [-0.15, -0.1) is 0 Å². The van der Waals surface area contributed by atoms with Crippen LogP contribution in [0.2, 0.25) is 0 Å². The Balaban J connectivity index is 1.46. The molecule has 2 aromatic carbocycles. The number of hydrogen-bond acceptors (Lipinski definition) is 4. The molecule has 1 heterocycles. The first-order valence-corrected chi connectivity index (χ1v) is 9.28. The summed E-state index contributed by atoms with van der Waals surface area (Å²) in [4.78, 5) is 2.47. The Kier molecular flexibility index (Phi) is 6.40. The van der Waals surface area contributed by atoms with Crippen molar-refractivity contribution in [3.63, 3.8) is 0 Å². The Bertz CT molecular complexity index is 723. The summed E-state index contributed by atoms with van der Waals surface area (Å²) in [5.74, 6) is 0. The number of nitrogens with one attached hydrogen (secondary N) is 1. The fourth-order valence-electron chi connectivity index (χ4n) is 3.48. The third kappa shape index (κ3) is 5.40. The highest BCUT2D eigenvalue weighted by Gasteiger charge is 2.21. The van der Waals surface area contributed by atoms with Gasteiger partial charge in [-0.1, -0.05) is 36.4 Å². The molecule has 0 radical (unpaired) electrons. The van der Waals surface area contributed by atoms with E-state index < -0.39 is 0 Å². The van der Waals surface area contributed by atoms with Crippen LogP contribution < -0.4 is 5.32 Å². The summed E-state index contributed by atoms with van der Waals surface area (Å²) in [5, 5.41) is 12.3. The van der Waals surface area contributed by atoms with Gasteiger partial charge in [0.25, 0.3) is 0 Å². The SMILES string of the molecule is C[C@@H]1CN(Cc2ccc(CNCc3ccc(C#N)cc3)cc2)C[C@@H](C)O1. The van der Waals surface area contributed by atoms with Crippen LogP contribution in [0.3, 0.4) is 0 Å². The van der Waals surface area contributed by atoms with Crippen LogP contribution >= 0.6 is 0 Å². The number of nitrogens with zero attached hydrogens (tertiary/aromatic N) is 2. The van der Waals surface area contributed by atoms with Gasteiger partial charge in [0.05, 0.1) is 23.8 Å². The Morgan fingerprint density at radius 3 is 1.96 bits per heavy atom. The number of ether oxygens (including phenoxy) is 1. The van der Waals surface area contributed by atoms with Crippen molar-refractivity contribution >= 4 is 0 Å². The lowest BCUT2D eigenvalue weighted by molar-refractivity contribution is -0.0704. The van der Waals surface area contributed by atoms with Crippen molar-refractivity contribution in [2.24, 2.45) is 0 Å². The molecule has 0 spiro atoms. The standard InChI is InChI=1S/C22H27N3O/c1-17-14-25(15-18(2)26-17)16-22-9-7-21(8-10-22)13-24-12-20-5-3-19(11-23)4-6-20/h3-10,17-18,24H,12-16H2,1-2H3/t17-,18-/m1/s1. The Hall–Kier alpha value is -2.19. The third-order valence-electron chi connectivity index (χ3n) is 4.67. The summed E-state index contributed by atoms with van der Waals surface area (Å²) in [6, 6.07) is 18.7. The van der Waals surface area contributed by atoms with Crippen molar-refractivity contribution in [2.45, 2.75) is 45.7 Å². The van der Waals surface area contributed by atoms with Crippen molar-refractivity contribution in [1.29, 1.82) is 5.26 Å². The molecule has 1 aliphatic heterocycles. The number of hydrogen-bond donors (Lipinski definition) is 1. The van der Waals surface area contributed by atoms with E-state index in [1.54, 1.807) is 0 Å². The second kappa shape index (κ2) is 8.95. The molecule has 1 saturated heterocycles. The first kappa shape index (κ1) is 18.6. The molecule has 0 bridgehead atoms. The number of rotatable bonds is 6. The van der Waals surface area contributed by atoms with E-state index in [-0.39, 0.29) is 0 Å². The molecule has 1 fully saturated rings. The lowest BCUT2D eigenvalue weighted by Crippen LogP contribution is -2.44. The lowest BCUT2D eigenvalue weighted by atomic mass is 10.1. The molecule has 0 aliphatic carbocycles. The highest BCUT2D eigenvalue weighted by Crippen LogP contribution is 2.15. The first-order valence-electron chi connectivity index (χ1n) is 9.28. The summed E-state index contributed by atoms with van der Waals surface area (Å²) < 4.78 is 5.80. The van der Waals surface area contributed by atoms with Gasteiger partial charge >= 0.3 is 0 Å². The average Bonchev–Trinajstić information content (AvgIpc) is 2.63. The molecule has 1 N–H and O–H groups in total. The zero-order chi connectivity index (χ0) is 18.4. The molecule has 4 nitrogen and oxygen atoms in total. The van der Waals surface area contributed by atoms with E-state index in [1.807, 2.05) is 24.3 Å². The van der Waals surface area contributed by atoms with Gasteiger partial charge in [0.2, 0.25) is 0 Å². The van der Waals surface area contributed by atoms with Crippen LogP contribution in [-0.2, 0) is 24.4 Å². The van der Waals surface area contributed by atoms with Crippen LogP contribution in [-0.4, -0.2) is 30.2 Å². The Morgan fingerprint density at radius 1 is 0.923 bits per heavy atom. The van der Waals surface area contributed by atoms with Gasteiger partial charge < -0.3 is 10.1 Å². The fraction of sp³-hybridized carbons (Fsp3) is 0.409. The Labute approximate surface area is 156 Å². The maximum absolute atomic E-state index is 8.83. The monoisotopic (exact) mass is 349 g/mol. The molecular formula is C22H27N3O. The zero-order valence-corrected chi connectivity index (χ0v) is 15.6. The van der Waals surface area contributed by atoms with E-state index in [1.165, 1.54) is 16.7 Å². The van der Waals surface area contributed by atoms with E-state index >= 15 is 0 Å². The van der Waals surface area contributed by atoms with Gasteiger partial charge in [0, 0.05) is 32.7 Å². The van der Waals surface area contributed by atoms with Crippen LogP contribution in [0.1, 0.15) is 36.1 Å². The molecule has 0 unspecified atom stereocenters. The molecule has 2 atom stereocenters. The van der Waals surface area contributed by atoms with E-state index in [2.05, 4.69) is 54.4 Å². The topological polar surface area (TPSA) is 48.3 Å². The molecular weight excluding hydrogens is 322 g/mol. The van der Waals surface area contributed by atoms with Gasteiger partial charge in [-0.3, -0.25) is 4.90 Å². The fourth-order valence-corrected chi connectivity index (χ4v) is 3.48. The van der Waals surface area contributed by atoms with Crippen molar-refractivity contribution in [2.75, 3.05) is 13.1 Å². The molecule has 0 amide bonds. The number of benzene rings is 2. The van der Waals surface area contributed by atoms with Crippen LogP contribution in [0, 0.1) is 11.3 Å². The first-order chi connectivity index (χ1) is 12.6. The van der Waals surface area contributed by atoms with Crippen molar-refractivity contribution < 1.29 is 4.74 Å². The maximum atomic E-state index is 8.83. The molecule has 4 heteroatoms. The van der Waals surface area contributed by atoms with Gasteiger partial charge in [-0.05, 0) is 42.7 Å². The van der Waals surface area contributed by atoms with Crippen molar-refractivity contribution in [1.82, 2.24) is 10.2 Å². The maximum Gasteiger partial charge on any atom is 0.0991 e. The quantitative estimate of drug-likeness (QED) is 0.868. The van der Waals surface area contributed by atoms with Crippen LogP contribution in [0.4, 0.5) is 0 Å². The van der Waals surface area contributed by atoms with Crippen molar-refractivity contribution in [3.05, 3.63) is 70.8 Å². The third-order valence-corrected chi connectivity index (χ3v) is 4.67. The smallest absolute Gasteiger partial charge is 0.0991 e. The second-order valence-corrected chi connectivity index (χ2v) is 7.18.